The molecule has 3 fully saturated rings. The van der Waals surface area contributed by atoms with Gasteiger partial charge in [0.25, 0.3) is 0 Å². The van der Waals surface area contributed by atoms with Crippen molar-refractivity contribution in [2.75, 3.05) is 19.6 Å². The fraction of sp³-hybridized carbons (Fsp3) is 0.600. The highest BCUT2D eigenvalue weighted by Crippen LogP contribution is 2.44. The molecule has 1 saturated carbocycles. The van der Waals surface area contributed by atoms with Gasteiger partial charge in [0.2, 0.25) is 11.8 Å². The van der Waals surface area contributed by atoms with Crippen LogP contribution in [0, 0.1) is 11.2 Å². The van der Waals surface area contributed by atoms with Crippen LogP contribution >= 0.6 is 0 Å². The van der Waals surface area contributed by atoms with E-state index in [2.05, 4.69) is 0 Å². The van der Waals surface area contributed by atoms with Crippen LogP contribution in [0.5, 0.6) is 0 Å². The van der Waals surface area contributed by atoms with Crippen molar-refractivity contribution in [3.05, 3.63) is 35.6 Å². The smallest absolute Gasteiger partial charge is 0.242 e. The molecule has 1 aromatic rings. The number of benzene rings is 1. The molecule has 2 amide bonds. The van der Waals surface area contributed by atoms with Crippen molar-refractivity contribution < 1.29 is 14.0 Å². The third-order valence-electron chi connectivity index (χ3n) is 6.24. The summed E-state index contributed by atoms with van der Waals surface area (Å²) < 4.78 is 13.1. The van der Waals surface area contributed by atoms with E-state index in [1.807, 2.05) is 4.90 Å². The van der Waals surface area contributed by atoms with Gasteiger partial charge in [0.1, 0.15) is 5.82 Å². The summed E-state index contributed by atoms with van der Waals surface area (Å²) >= 11 is 0. The first-order chi connectivity index (χ1) is 12.1. The summed E-state index contributed by atoms with van der Waals surface area (Å²) in [6.45, 7) is 1.65. The fourth-order valence-corrected chi connectivity index (χ4v) is 4.73. The summed E-state index contributed by atoms with van der Waals surface area (Å²) in [6.07, 6.45) is 7.41. The van der Waals surface area contributed by atoms with Gasteiger partial charge in [-0.05, 0) is 42.4 Å². The third kappa shape index (κ3) is 3.16. The van der Waals surface area contributed by atoms with Crippen LogP contribution in [0.25, 0.3) is 0 Å². The van der Waals surface area contributed by atoms with Gasteiger partial charge in [-0.15, -0.1) is 0 Å². The molecule has 1 spiro atoms. The van der Waals surface area contributed by atoms with Crippen LogP contribution in [0.4, 0.5) is 4.39 Å². The molecule has 1 unspecified atom stereocenters. The second-order valence-electron chi connectivity index (χ2n) is 7.93. The maximum atomic E-state index is 13.1. The van der Waals surface area contributed by atoms with Gasteiger partial charge in [-0.2, -0.15) is 0 Å². The highest BCUT2D eigenvalue weighted by molar-refractivity contribution is 5.87. The van der Waals surface area contributed by atoms with Crippen LogP contribution in [-0.4, -0.2) is 41.2 Å². The van der Waals surface area contributed by atoms with Gasteiger partial charge in [0.05, 0.1) is 12.6 Å². The minimum atomic E-state index is -0.263. The number of carbonyl (C=O) groups is 2. The van der Waals surface area contributed by atoms with Crippen LogP contribution in [0.15, 0.2) is 24.3 Å². The van der Waals surface area contributed by atoms with Gasteiger partial charge in [-0.3, -0.25) is 9.59 Å². The molecule has 1 aromatic carbocycles. The average molecular weight is 344 g/mol. The molecule has 1 aliphatic carbocycles. The summed E-state index contributed by atoms with van der Waals surface area (Å²) in [7, 11) is 0. The van der Waals surface area contributed by atoms with Crippen molar-refractivity contribution in [2.45, 2.75) is 51.0 Å². The number of amides is 2. The van der Waals surface area contributed by atoms with Crippen LogP contribution < -0.4 is 0 Å². The molecule has 3 aliphatic rings. The van der Waals surface area contributed by atoms with E-state index in [4.69, 9.17) is 0 Å². The summed E-state index contributed by atoms with van der Waals surface area (Å²) in [5.41, 5.74) is 1.10. The monoisotopic (exact) mass is 344 g/mol. The minimum absolute atomic E-state index is 0.0155. The van der Waals surface area contributed by atoms with Crippen LogP contribution in [0.3, 0.4) is 0 Å². The molecule has 1 atom stereocenters. The molecule has 0 bridgehead atoms. The number of rotatable bonds is 3. The molecule has 2 aliphatic heterocycles. The molecule has 0 radical (unpaired) electrons. The lowest BCUT2D eigenvalue weighted by atomic mass is 9.73. The normalized spacial score (nSPS) is 25.3. The van der Waals surface area contributed by atoms with Crippen molar-refractivity contribution in [3.8, 4) is 0 Å². The number of hydrogen-bond acceptors (Lipinski definition) is 2. The van der Waals surface area contributed by atoms with E-state index < -0.39 is 0 Å². The number of likely N-dealkylation sites (tertiary alicyclic amines) is 2. The zero-order valence-electron chi connectivity index (χ0n) is 14.5. The van der Waals surface area contributed by atoms with Gasteiger partial charge in [0.15, 0.2) is 0 Å². The van der Waals surface area contributed by atoms with E-state index in [0.717, 1.165) is 31.4 Å². The molecule has 0 aromatic heterocycles. The van der Waals surface area contributed by atoms with E-state index in [1.165, 1.54) is 31.4 Å². The van der Waals surface area contributed by atoms with Crippen LogP contribution in [0.1, 0.15) is 56.6 Å². The van der Waals surface area contributed by atoms with Crippen LogP contribution in [-0.2, 0) is 9.59 Å². The maximum absolute atomic E-state index is 13.1. The molecular weight excluding hydrogens is 319 g/mol. The Labute approximate surface area is 148 Å². The van der Waals surface area contributed by atoms with Crippen molar-refractivity contribution in [1.29, 1.82) is 0 Å². The molecule has 2 saturated heterocycles. The second-order valence-corrected chi connectivity index (χ2v) is 7.93. The number of carbonyl (C=O) groups excluding carboxylic acids is 2. The Bertz CT molecular complexity index is 667. The molecule has 2 heterocycles. The van der Waals surface area contributed by atoms with Crippen LogP contribution in [0.2, 0.25) is 0 Å². The molecule has 0 N–H and O–H groups in total. The summed E-state index contributed by atoms with van der Waals surface area (Å²) in [5, 5.41) is 0. The zero-order chi connectivity index (χ0) is 17.4. The maximum Gasteiger partial charge on any atom is 0.242 e. The molecule has 4 rings (SSSR count). The topological polar surface area (TPSA) is 40.6 Å². The Kier molecular flexibility index (Phi) is 4.26. The van der Waals surface area contributed by atoms with Gasteiger partial charge < -0.3 is 9.80 Å². The summed E-state index contributed by atoms with van der Waals surface area (Å²) in [4.78, 5) is 28.7. The molecule has 25 heavy (non-hydrogen) atoms. The zero-order valence-corrected chi connectivity index (χ0v) is 14.5. The Morgan fingerprint density at radius 2 is 1.88 bits per heavy atom. The Morgan fingerprint density at radius 1 is 1.16 bits per heavy atom. The van der Waals surface area contributed by atoms with E-state index in [1.54, 1.807) is 17.0 Å². The van der Waals surface area contributed by atoms with Crippen molar-refractivity contribution in [2.24, 2.45) is 5.41 Å². The first kappa shape index (κ1) is 16.6. The predicted octanol–water partition coefficient (Wildman–Crippen LogP) is 3.28. The van der Waals surface area contributed by atoms with Crippen molar-refractivity contribution in [3.63, 3.8) is 0 Å². The summed E-state index contributed by atoms with van der Waals surface area (Å²) in [5.74, 6) is -0.114. The number of halogens is 1. The van der Waals surface area contributed by atoms with E-state index in [9.17, 15) is 14.0 Å². The van der Waals surface area contributed by atoms with Gasteiger partial charge in [-0.1, -0.05) is 31.4 Å². The number of hydrogen-bond donors (Lipinski definition) is 0. The van der Waals surface area contributed by atoms with Crippen molar-refractivity contribution in [1.82, 2.24) is 9.80 Å². The lowest BCUT2D eigenvalue weighted by Gasteiger charge is -2.42. The van der Waals surface area contributed by atoms with E-state index in [0.29, 0.717) is 13.0 Å². The Hall–Kier alpha value is -1.91. The average Bonchev–Trinajstić information content (AvgIpc) is 2.84. The largest absolute Gasteiger partial charge is 0.334 e. The van der Waals surface area contributed by atoms with Gasteiger partial charge in [-0.25, -0.2) is 4.39 Å². The highest BCUT2D eigenvalue weighted by atomic mass is 19.1. The molecule has 4 nitrogen and oxygen atoms in total. The SMILES string of the molecule is O=C1CC2(CCCCC2)CN1CC(=O)N1CCC1c1ccc(F)cc1. The van der Waals surface area contributed by atoms with Gasteiger partial charge in [0, 0.05) is 19.5 Å². The molecule has 134 valence electrons. The predicted molar refractivity (Wildman–Crippen MR) is 92.2 cm³/mol. The van der Waals surface area contributed by atoms with E-state index >= 15 is 0 Å². The number of nitrogens with zero attached hydrogens (tertiary/aromatic N) is 2. The third-order valence-corrected chi connectivity index (χ3v) is 6.24. The van der Waals surface area contributed by atoms with E-state index in [-0.39, 0.29) is 35.6 Å². The lowest BCUT2D eigenvalue weighted by molar-refractivity contribution is -0.144. The minimum Gasteiger partial charge on any atom is -0.334 e. The molecular formula is C20H25FN2O2. The lowest BCUT2D eigenvalue weighted by Crippen LogP contribution is -2.49. The summed E-state index contributed by atoms with van der Waals surface area (Å²) in [6, 6.07) is 6.39. The quantitative estimate of drug-likeness (QED) is 0.844. The second kappa shape index (κ2) is 6.43. The standard InChI is InChI=1S/C20H25FN2O2/c21-16-6-4-15(5-7-16)17-8-11-23(17)19(25)13-22-14-20(12-18(22)24)9-2-1-3-10-20/h4-7,17H,1-3,8-14H2. The van der Waals surface area contributed by atoms with Gasteiger partial charge >= 0.3 is 0 Å². The Balaban J connectivity index is 1.38. The fourth-order valence-electron chi connectivity index (χ4n) is 4.73. The molecule has 5 heteroatoms. The highest BCUT2D eigenvalue weighted by Gasteiger charge is 2.45. The first-order valence-corrected chi connectivity index (χ1v) is 9.39. The van der Waals surface area contributed by atoms with Crippen molar-refractivity contribution >= 4 is 11.8 Å². The Morgan fingerprint density at radius 3 is 2.52 bits per heavy atom. The first-order valence-electron chi connectivity index (χ1n) is 9.39.